The van der Waals surface area contributed by atoms with E-state index in [-0.39, 0.29) is 12.3 Å². The lowest BCUT2D eigenvalue weighted by Crippen LogP contribution is -2.47. The van der Waals surface area contributed by atoms with E-state index in [0.29, 0.717) is 31.1 Å². The van der Waals surface area contributed by atoms with Crippen molar-refractivity contribution >= 4 is 11.9 Å². The zero-order valence-corrected chi connectivity index (χ0v) is 21.6. The monoisotopic (exact) mass is 505 g/mol. The summed E-state index contributed by atoms with van der Waals surface area (Å²) in [5.41, 5.74) is 2.76. The Morgan fingerprint density at radius 1 is 0.811 bits per heavy atom. The SMILES string of the molecule is COC(=O)[C@@H](Cc1ccc(OCc2ccccc2)c(OCc2ccccc2)c1)NC(=O)[C@H](O)CC(C)C. The highest BCUT2D eigenvalue weighted by Gasteiger charge is 2.26. The van der Waals surface area contributed by atoms with Gasteiger partial charge in [-0.15, -0.1) is 0 Å². The van der Waals surface area contributed by atoms with Gasteiger partial charge in [0.25, 0.3) is 0 Å². The summed E-state index contributed by atoms with van der Waals surface area (Å²) in [5, 5.41) is 12.8. The molecule has 0 aromatic heterocycles. The first-order chi connectivity index (χ1) is 17.9. The second kappa shape index (κ2) is 14.0. The van der Waals surface area contributed by atoms with Crippen molar-refractivity contribution in [3.05, 3.63) is 95.6 Å². The molecule has 0 unspecified atom stereocenters. The van der Waals surface area contributed by atoms with Crippen LogP contribution in [-0.4, -0.2) is 36.2 Å². The van der Waals surface area contributed by atoms with E-state index in [0.717, 1.165) is 16.7 Å². The minimum atomic E-state index is -1.20. The predicted molar refractivity (Wildman–Crippen MR) is 141 cm³/mol. The second-order valence-electron chi connectivity index (χ2n) is 9.26. The number of methoxy groups -OCH3 is 1. The molecule has 3 aromatic rings. The first-order valence-corrected chi connectivity index (χ1v) is 12.4. The van der Waals surface area contributed by atoms with Crippen LogP contribution in [-0.2, 0) is 34.0 Å². The topological polar surface area (TPSA) is 94.1 Å². The molecule has 0 spiro atoms. The number of aliphatic hydroxyl groups is 1. The van der Waals surface area contributed by atoms with Gasteiger partial charge < -0.3 is 24.6 Å². The molecule has 0 aliphatic rings. The Kier molecular flexibility index (Phi) is 10.5. The fraction of sp³-hybridized carbons (Fsp3) is 0.333. The van der Waals surface area contributed by atoms with Crippen LogP contribution in [0.1, 0.15) is 37.0 Å². The molecule has 2 atom stereocenters. The van der Waals surface area contributed by atoms with Crippen LogP contribution in [0.25, 0.3) is 0 Å². The molecular weight excluding hydrogens is 470 g/mol. The van der Waals surface area contributed by atoms with E-state index in [1.807, 2.05) is 80.6 Å². The zero-order valence-electron chi connectivity index (χ0n) is 21.6. The van der Waals surface area contributed by atoms with Crippen LogP contribution in [0.5, 0.6) is 11.5 Å². The van der Waals surface area contributed by atoms with Gasteiger partial charge in [-0.3, -0.25) is 4.79 Å². The minimum Gasteiger partial charge on any atom is -0.485 e. The van der Waals surface area contributed by atoms with Crippen LogP contribution in [0.4, 0.5) is 0 Å². The summed E-state index contributed by atoms with van der Waals surface area (Å²) >= 11 is 0. The van der Waals surface area contributed by atoms with Gasteiger partial charge in [-0.25, -0.2) is 4.79 Å². The molecule has 0 saturated heterocycles. The summed E-state index contributed by atoms with van der Waals surface area (Å²) in [6, 6.07) is 24.0. The molecule has 3 rings (SSSR count). The van der Waals surface area contributed by atoms with Gasteiger partial charge in [-0.2, -0.15) is 0 Å². The van der Waals surface area contributed by atoms with Gasteiger partial charge in [-0.05, 0) is 41.2 Å². The van der Waals surface area contributed by atoms with Crippen molar-refractivity contribution in [2.45, 2.75) is 52.0 Å². The molecule has 37 heavy (non-hydrogen) atoms. The molecule has 0 radical (unpaired) electrons. The molecule has 0 heterocycles. The maximum absolute atomic E-state index is 12.5. The Morgan fingerprint density at radius 2 is 1.38 bits per heavy atom. The van der Waals surface area contributed by atoms with Gasteiger partial charge >= 0.3 is 5.97 Å². The Balaban J connectivity index is 1.79. The van der Waals surface area contributed by atoms with E-state index in [1.54, 1.807) is 12.1 Å². The standard InChI is InChI=1S/C30H35NO6/c1-21(2)16-26(32)29(33)31-25(30(34)35-3)17-24-14-15-27(36-19-22-10-6-4-7-11-22)28(18-24)37-20-23-12-8-5-9-13-23/h4-15,18,21,25-26,32H,16-17,19-20H2,1-3H3,(H,31,33)/t25-,26-/m1/s1. The van der Waals surface area contributed by atoms with Crippen LogP contribution >= 0.6 is 0 Å². The van der Waals surface area contributed by atoms with E-state index in [2.05, 4.69) is 5.32 Å². The average Bonchev–Trinajstić information content (AvgIpc) is 2.91. The zero-order chi connectivity index (χ0) is 26.6. The quantitative estimate of drug-likeness (QED) is 0.333. The van der Waals surface area contributed by atoms with Crippen LogP contribution in [0.2, 0.25) is 0 Å². The summed E-state index contributed by atoms with van der Waals surface area (Å²) in [4.78, 5) is 24.9. The first-order valence-electron chi connectivity index (χ1n) is 12.4. The lowest BCUT2D eigenvalue weighted by atomic mass is 10.0. The third-order valence-corrected chi connectivity index (χ3v) is 5.72. The van der Waals surface area contributed by atoms with E-state index >= 15 is 0 Å². The largest absolute Gasteiger partial charge is 0.485 e. The van der Waals surface area contributed by atoms with Crippen molar-refractivity contribution in [1.29, 1.82) is 0 Å². The van der Waals surface area contributed by atoms with Gasteiger partial charge in [0.1, 0.15) is 25.4 Å². The van der Waals surface area contributed by atoms with Crippen molar-refractivity contribution in [2.75, 3.05) is 7.11 Å². The van der Waals surface area contributed by atoms with Crippen molar-refractivity contribution in [1.82, 2.24) is 5.32 Å². The van der Waals surface area contributed by atoms with Crippen molar-refractivity contribution in [3.63, 3.8) is 0 Å². The lowest BCUT2D eigenvalue weighted by molar-refractivity contribution is -0.146. The predicted octanol–water partition coefficient (Wildman–Crippen LogP) is 4.45. The van der Waals surface area contributed by atoms with E-state index < -0.39 is 24.0 Å². The number of rotatable bonds is 13. The van der Waals surface area contributed by atoms with Gasteiger partial charge in [0.05, 0.1) is 7.11 Å². The van der Waals surface area contributed by atoms with E-state index in [1.165, 1.54) is 7.11 Å². The van der Waals surface area contributed by atoms with E-state index in [4.69, 9.17) is 14.2 Å². The number of ether oxygens (including phenoxy) is 3. The Morgan fingerprint density at radius 3 is 1.92 bits per heavy atom. The molecule has 0 saturated carbocycles. The third kappa shape index (κ3) is 8.95. The second-order valence-corrected chi connectivity index (χ2v) is 9.26. The molecule has 0 fully saturated rings. The number of hydrogen-bond acceptors (Lipinski definition) is 6. The maximum atomic E-state index is 12.5. The van der Waals surface area contributed by atoms with Crippen molar-refractivity contribution in [2.24, 2.45) is 5.92 Å². The molecule has 7 nitrogen and oxygen atoms in total. The van der Waals surface area contributed by atoms with Crippen molar-refractivity contribution < 1.29 is 28.9 Å². The smallest absolute Gasteiger partial charge is 0.328 e. The normalized spacial score (nSPS) is 12.5. The average molecular weight is 506 g/mol. The fourth-order valence-corrected chi connectivity index (χ4v) is 3.77. The summed E-state index contributed by atoms with van der Waals surface area (Å²) < 4.78 is 17.1. The first kappa shape index (κ1) is 27.7. The molecular formula is C30H35NO6. The van der Waals surface area contributed by atoms with Gasteiger partial charge in [-0.1, -0.05) is 80.6 Å². The number of amides is 1. The van der Waals surface area contributed by atoms with Crippen molar-refractivity contribution in [3.8, 4) is 11.5 Å². The fourth-order valence-electron chi connectivity index (χ4n) is 3.77. The molecule has 7 heteroatoms. The number of esters is 1. The number of nitrogens with one attached hydrogen (secondary N) is 1. The molecule has 0 aliphatic heterocycles. The Bertz CT molecular complexity index is 1130. The maximum Gasteiger partial charge on any atom is 0.328 e. The Hall–Kier alpha value is -3.84. The summed E-state index contributed by atoms with van der Waals surface area (Å²) in [6.07, 6.45) is -0.747. The summed E-state index contributed by atoms with van der Waals surface area (Å²) in [6.45, 7) is 4.53. The van der Waals surface area contributed by atoms with Gasteiger partial charge in [0.2, 0.25) is 5.91 Å². The van der Waals surface area contributed by atoms with Crippen LogP contribution in [0.3, 0.4) is 0 Å². The van der Waals surface area contributed by atoms with Gasteiger partial charge in [0.15, 0.2) is 11.5 Å². The number of benzene rings is 3. The van der Waals surface area contributed by atoms with E-state index in [9.17, 15) is 14.7 Å². The Labute approximate surface area is 218 Å². The number of carbonyl (C=O) groups excluding carboxylic acids is 2. The molecule has 1 amide bonds. The minimum absolute atomic E-state index is 0.130. The molecule has 2 N–H and O–H groups in total. The highest BCUT2D eigenvalue weighted by atomic mass is 16.5. The highest BCUT2D eigenvalue weighted by Crippen LogP contribution is 2.30. The number of aliphatic hydroxyl groups excluding tert-OH is 1. The molecule has 0 bridgehead atoms. The van der Waals surface area contributed by atoms with Crippen LogP contribution in [0.15, 0.2) is 78.9 Å². The van der Waals surface area contributed by atoms with Gasteiger partial charge in [0, 0.05) is 6.42 Å². The summed E-state index contributed by atoms with van der Waals surface area (Å²) in [7, 11) is 1.26. The molecule has 196 valence electrons. The molecule has 0 aliphatic carbocycles. The molecule has 3 aromatic carbocycles. The summed E-state index contributed by atoms with van der Waals surface area (Å²) in [5.74, 6) is 0.0143. The van der Waals surface area contributed by atoms with Crippen LogP contribution < -0.4 is 14.8 Å². The lowest BCUT2D eigenvalue weighted by Gasteiger charge is -2.20. The number of carbonyl (C=O) groups is 2. The third-order valence-electron chi connectivity index (χ3n) is 5.72. The number of hydrogen-bond donors (Lipinski definition) is 2. The highest BCUT2D eigenvalue weighted by molar-refractivity contribution is 5.87. The van der Waals surface area contributed by atoms with Crippen LogP contribution in [0, 0.1) is 5.92 Å².